The summed E-state index contributed by atoms with van der Waals surface area (Å²) in [6, 6.07) is 14.1. The Hall–Kier alpha value is -2.03. The molecule has 2 aromatic rings. The van der Waals surface area contributed by atoms with Crippen molar-refractivity contribution in [2.24, 2.45) is 0 Å². The predicted molar refractivity (Wildman–Crippen MR) is 73.8 cm³/mol. The third-order valence-electron chi connectivity index (χ3n) is 2.43. The van der Waals surface area contributed by atoms with Crippen molar-refractivity contribution in [3.63, 3.8) is 0 Å². The van der Waals surface area contributed by atoms with Crippen molar-refractivity contribution < 1.29 is 4.74 Å². The highest BCUT2D eigenvalue weighted by atomic mass is 16.5. The van der Waals surface area contributed by atoms with Crippen molar-refractivity contribution in [2.75, 3.05) is 5.32 Å². The molecule has 0 unspecified atom stereocenters. The molecule has 0 radical (unpaired) electrons. The van der Waals surface area contributed by atoms with Gasteiger partial charge in [-0.15, -0.1) is 0 Å². The van der Waals surface area contributed by atoms with Gasteiger partial charge in [0, 0.05) is 12.6 Å². The van der Waals surface area contributed by atoms with Crippen molar-refractivity contribution in [2.45, 2.75) is 26.5 Å². The first-order chi connectivity index (χ1) is 8.74. The van der Waals surface area contributed by atoms with E-state index in [9.17, 15) is 0 Å². The lowest BCUT2D eigenvalue weighted by Crippen LogP contribution is -2.07. The maximum atomic E-state index is 5.49. The summed E-state index contributed by atoms with van der Waals surface area (Å²) in [4.78, 5) is 4.25. The molecule has 0 saturated heterocycles. The Kier molecular flexibility index (Phi) is 4.18. The molecule has 0 atom stereocenters. The predicted octanol–water partition coefficient (Wildman–Crippen LogP) is 3.48. The molecular formula is C15H18N2O. The molecule has 0 amide bonds. The third kappa shape index (κ3) is 3.77. The van der Waals surface area contributed by atoms with Crippen molar-refractivity contribution in [1.82, 2.24) is 4.98 Å². The Morgan fingerprint density at radius 2 is 1.89 bits per heavy atom. The van der Waals surface area contributed by atoms with Crippen molar-refractivity contribution in [1.29, 1.82) is 0 Å². The standard InChI is InChI=1S/C15H18N2O/c1-12(2)18-15-9-8-14(11-17-15)16-10-13-6-4-3-5-7-13/h3-9,11-12,16H,10H2,1-2H3. The highest BCUT2D eigenvalue weighted by molar-refractivity contribution is 5.42. The van der Waals surface area contributed by atoms with Gasteiger partial charge in [-0.05, 0) is 25.5 Å². The average molecular weight is 242 g/mol. The molecule has 0 fully saturated rings. The number of benzene rings is 1. The Labute approximate surface area is 108 Å². The number of hydrogen-bond donors (Lipinski definition) is 1. The second kappa shape index (κ2) is 6.05. The number of nitrogens with zero attached hydrogens (tertiary/aromatic N) is 1. The van der Waals surface area contributed by atoms with E-state index in [0.717, 1.165) is 12.2 Å². The van der Waals surface area contributed by atoms with Gasteiger partial charge in [0.05, 0.1) is 18.0 Å². The van der Waals surface area contributed by atoms with Crippen LogP contribution in [0.2, 0.25) is 0 Å². The van der Waals surface area contributed by atoms with Crippen LogP contribution in [-0.2, 0) is 6.54 Å². The Morgan fingerprint density at radius 3 is 2.50 bits per heavy atom. The summed E-state index contributed by atoms with van der Waals surface area (Å²) in [5.41, 5.74) is 2.25. The molecule has 1 heterocycles. The molecule has 2 rings (SSSR count). The van der Waals surface area contributed by atoms with Gasteiger partial charge in [-0.2, -0.15) is 0 Å². The SMILES string of the molecule is CC(C)Oc1ccc(NCc2ccccc2)cn1. The van der Waals surface area contributed by atoms with E-state index in [-0.39, 0.29) is 6.10 Å². The minimum absolute atomic E-state index is 0.153. The molecule has 1 aromatic heterocycles. The topological polar surface area (TPSA) is 34.1 Å². The number of anilines is 1. The molecule has 1 aromatic carbocycles. The summed E-state index contributed by atoms with van der Waals surface area (Å²) in [5.74, 6) is 0.662. The lowest BCUT2D eigenvalue weighted by atomic mass is 10.2. The Morgan fingerprint density at radius 1 is 1.11 bits per heavy atom. The zero-order valence-corrected chi connectivity index (χ0v) is 10.8. The van der Waals surface area contributed by atoms with E-state index in [1.807, 2.05) is 44.2 Å². The first kappa shape index (κ1) is 12.4. The van der Waals surface area contributed by atoms with Crippen molar-refractivity contribution in [3.8, 4) is 5.88 Å². The number of aromatic nitrogens is 1. The number of rotatable bonds is 5. The molecule has 0 spiro atoms. The second-order valence-corrected chi connectivity index (χ2v) is 4.39. The van der Waals surface area contributed by atoms with Gasteiger partial charge < -0.3 is 10.1 Å². The van der Waals surface area contributed by atoms with E-state index < -0.39 is 0 Å². The Bertz CT molecular complexity index is 466. The van der Waals surface area contributed by atoms with E-state index in [1.165, 1.54) is 5.56 Å². The fraction of sp³-hybridized carbons (Fsp3) is 0.267. The molecule has 94 valence electrons. The number of ether oxygens (including phenoxy) is 1. The van der Waals surface area contributed by atoms with E-state index in [0.29, 0.717) is 5.88 Å². The Balaban J connectivity index is 1.90. The molecular weight excluding hydrogens is 224 g/mol. The van der Waals surface area contributed by atoms with Crippen molar-refractivity contribution >= 4 is 5.69 Å². The molecule has 0 aliphatic rings. The fourth-order valence-electron chi connectivity index (χ4n) is 1.60. The number of pyridine rings is 1. The molecule has 18 heavy (non-hydrogen) atoms. The van der Waals surface area contributed by atoms with Crippen LogP contribution in [0.5, 0.6) is 5.88 Å². The second-order valence-electron chi connectivity index (χ2n) is 4.39. The highest BCUT2D eigenvalue weighted by Crippen LogP contribution is 2.13. The summed E-state index contributed by atoms with van der Waals surface area (Å²) in [5, 5.41) is 3.32. The fourth-order valence-corrected chi connectivity index (χ4v) is 1.60. The van der Waals surface area contributed by atoms with Gasteiger partial charge in [-0.25, -0.2) is 4.98 Å². The summed E-state index contributed by atoms with van der Waals surface area (Å²) in [6.07, 6.45) is 1.95. The van der Waals surface area contributed by atoms with Gasteiger partial charge in [0.15, 0.2) is 0 Å². The molecule has 0 aliphatic carbocycles. The smallest absolute Gasteiger partial charge is 0.213 e. The van der Waals surface area contributed by atoms with Crippen LogP contribution in [0, 0.1) is 0 Å². The maximum absolute atomic E-state index is 5.49. The molecule has 0 saturated carbocycles. The molecule has 3 heteroatoms. The van der Waals surface area contributed by atoms with Gasteiger partial charge in [0.1, 0.15) is 0 Å². The van der Waals surface area contributed by atoms with Crippen LogP contribution < -0.4 is 10.1 Å². The summed E-state index contributed by atoms with van der Waals surface area (Å²) in [7, 11) is 0. The van der Waals surface area contributed by atoms with E-state index in [4.69, 9.17) is 4.74 Å². The maximum Gasteiger partial charge on any atom is 0.213 e. The quantitative estimate of drug-likeness (QED) is 0.871. The monoisotopic (exact) mass is 242 g/mol. The van der Waals surface area contributed by atoms with Crippen LogP contribution in [0.15, 0.2) is 48.7 Å². The van der Waals surface area contributed by atoms with Gasteiger partial charge in [-0.3, -0.25) is 0 Å². The molecule has 1 N–H and O–H groups in total. The molecule has 3 nitrogen and oxygen atoms in total. The zero-order valence-electron chi connectivity index (χ0n) is 10.8. The normalized spacial score (nSPS) is 10.4. The van der Waals surface area contributed by atoms with Crippen LogP contribution in [0.25, 0.3) is 0 Å². The van der Waals surface area contributed by atoms with Gasteiger partial charge in [0.2, 0.25) is 5.88 Å². The van der Waals surface area contributed by atoms with Crippen molar-refractivity contribution in [3.05, 3.63) is 54.2 Å². The first-order valence-corrected chi connectivity index (χ1v) is 6.14. The minimum atomic E-state index is 0.153. The largest absolute Gasteiger partial charge is 0.475 e. The van der Waals surface area contributed by atoms with Crippen LogP contribution in [0.3, 0.4) is 0 Å². The zero-order chi connectivity index (χ0) is 12.8. The van der Waals surface area contributed by atoms with Crippen LogP contribution in [0.4, 0.5) is 5.69 Å². The number of nitrogens with one attached hydrogen (secondary N) is 1. The summed E-state index contributed by atoms with van der Waals surface area (Å²) in [6.45, 7) is 4.78. The lowest BCUT2D eigenvalue weighted by molar-refractivity contribution is 0.232. The van der Waals surface area contributed by atoms with E-state index in [2.05, 4.69) is 22.4 Å². The van der Waals surface area contributed by atoms with Gasteiger partial charge in [0.25, 0.3) is 0 Å². The van der Waals surface area contributed by atoms with Crippen LogP contribution in [0.1, 0.15) is 19.4 Å². The summed E-state index contributed by atoms with van der Waals surface area (Å²) >= 11 is 0. The van der Waals surface area contributed by atoms with Crippen LogP contribution >= 0.6 is 0 Å². The van der Waals surface area contributed by atoms with Gasteiger partial charge in [-0.1, -0.05) is 30.3 Å². The first-order valence-electron chi connectivity index (χ1n) is 6.14. The molecule has 0 aliphatic heterocycles. The van der Waals surface area contributed by atoms with E-state index in [1.54, 1.807) is 6.20 Å². The summed E-state index contributed by atoms with van der Waals surface area (Å²) < 4.78 is 5.49. The highest BCUT2D eigenvalue weighted by Gasteiger charge is 1.99. The lowest BCUT2D eigenvalue weighted by Gasteiger charge is -2.10. The number of hydrogen-bond acceptors (Lipinski definition) is 3. The van der Waals surface area contributed by atoms with Crippen LogP contribution in [-0.4, -0.2) is 11.1 Å². The average Bonchev–Trinajstić information content (AvgIpc) is 2.38. The minimum Gasteiger partial charge on any atom is -0.475 e. The third-order valence-corrected chi connectivity index (χ3v) is 2.43. The molecule has 0 bridgehead atoms. The van der Waals surface area contributed by atoms with E-state index >= 15 is 0 Å². The van der Waals surface area contributed by atoms with Gasteiger partial charge >= 0.3 is 0 Å².